The Kier molecular flexibility index (Phi) is 14.2. The summed E-state index contributed by atoms with van der Waals surface area (Å²) in [6, 6.07) is 29.5. The number of allylic oxidation sites excluding steroid dienone is 6. The third kappa shape index (κ3) is 8.70. The molecule has 0 fully saturated rings. The van der Waals surface area contributed by atoms with Crippen LogP contribution in [0, 0.1) is 6.92 Å². The van der Waals surface area contributed by atoms with Gasteiger partial charge in [-0.1, -0.05) is 102 Å². The summed E-state index contributed by atoms with van der Waals surface area (Å²) in [4.78, 5) is 0. The van der Waals surface area contributed by atoms with E-state index >= 15 is 0 Å². The quantitative estimate of drug-likeness (QED) is 0.309. The van der Waals surface area contributed by atoms with Gasteiger partial charge in [0.15, 0.2) is 0 Å². The van der Waals surface area contributed by atoms with Crippen LogP contribution in [-0.2, 0) is 26.2 Å². The van der Waals surface area contributed by atoms with E-state index < -0.39 is 0 Å². The Balaban J connectivity index is 0.000000442. The molecule has 0 N–H and O–H groups in total. The Labute approximate surface area is 218 Å². The van der Waals surface area contributed by atoms with Crippen molar-refractivity contribution in [3.05, 3.63) is 126 Å². The van der Waals surface area contributed by atoms with Crippen molar-refractivity contribution < 1.29 is 51.0 Å². The minimum Gasteiger partial charge on any atom is -1.00 e. The van der Waals surface area contributed by atoms with Crippen LogP contribution in [0.4, 0.5) is 0 Å². The first-order chi connectivity index (χ1) is 13.6. The Morgan fingerprint density at radius 2 is 1.03 bits per heavy atom. The van der Waals surface area contributed by atoms with Gasteiger partial charge < -0.3 is 24.8 Å². The molecule has 0 nitrogen and oxygen atoms in total. The molecule has 1 radical (unpaired) electrons. The zero-order valence-corrected chi connectivity index (χ0v) is 22.1. The molecule has 31 heavy (non-hydrogen) atoms. The van der Waals surface area contributed by atoms with Gasteiger partial charge in [0.25, 0.3) is 0 Å². The van der Waals surface area contributed by atoms with Crippen molar-refractivity contribution in [3.63, 3.8) is 0 Å². The maximum absolute atomic E-state index is 2.24. The average molecular weight is 526 g/mol. The van der Waals surface area contributed by atoms with E-state index in [1.54, 1.807) is 0 Å². The molecule has 4 aromatic rings. The summed E-state index contributed by atoms with van der Waals surface area (Å²) in [5, 5.41) is 5.39. The minimum atomic E-state index is 0. The Hall–Kier alpha value is -1.79. The summed E-state index contributed by atoms with van der Waals surface area (Å²) in [6.45, 7) is 6.32. The van der Waals surface area contributed by atoms with Crippen molar-refractivity contribution in [2.24, 2.45) is 0 Å². The molecule has 1 aliphatic carbocycles. The molecule has 0 bridgehead atoms. The number of aryl methyl sites for hydroxylation is 1. The number of benzene rings is 3. The second-order valence-electron chi connectivity index (χ2n) is 7.15. The summed E-state index contributed by atoms with van der Waals surface area (Å²) in [6.07, 6.45) is 8.36. The van der Waals surface area contributed by atoms with E-state index in [9.17, 15) is 0 Å². The fourth-order valence-corrected chi connectivity index (χ4v) is 3.15. The molecule has 0 aliphatic heterocycles. The molecule has 4 aromatic carbocycles. The van der Waals surface area contributed by atoms with E-state index in [-0.39, 0.29) is 51.0 Å². The van der Waals surface area contributed by atoms with Crippen LogP contribution < -0.4 is 24.8 Å². The molecule has 0 saturated heterocycles. The van der Waals surface area contributed by atoms with Crippen LogP contribution in [0.1, 0.15) is 19.4 Å². The van der Waals surface area contributed by atoms with Gasteiger partial charge in [-0.2, -0.15) is 0 Å². The van der Waals surface area contributed by atoms with E-state index in [2.05, 4.69) is 112 Å². The van der Waals surface area contributed by atoms with Crippen LogP contribution in [0.3, 0.4) is 0 Å². The van der Waals surface area contributed by atoms with Crippen LogP contribution in [-0.4, -0.2) is 0 Å². The van der Waals surface area contributed by atoms with Crippen molar-refractivity contribution in [2.45, 2.75) is 20.8 Å². The summed E-state index contributed by atoms with van der Waals surface area (Å²) >= 11 is 0. The monoisotopic (exact) mass is 523 g/mol. The van der Waals surface area contributed by atoms with Crippen LogP contribution in [0.15, 0.2) is 120 Å². The number of fused-ring (bicyclic) bond motifs is 3. The second-order valence-corrected chi connectivity index (χ2v) is 7.15. The topological polar surface area (TPSA) is 0 Å². The van der Waals surface area contributed by atoms with Gasteiger partial charge in [0.1, 0.15) is 0 Å². The Bertz CT molecular complexity index is 1070. The third-order valence-electron chi connectivity index (χ3n) is 4.70. The van der Waals surface area contributed by atoms with Gasteiger partial charge in [-0.15, -0.1) is 39.7 Å². The minimum absolute atomic E-state index is 0. The predicted molar refractivity (Wildman–Crippen MR) is 125 cm³/mol. The first kappa shape index (κ1) is 29.2. The van der Waals surface area contributed by atoms with Crippen LogP contribution in [0.5, 0.6) is 0 Å². The third-order valence-corrected chi connectivity index (χ3v) is 4.70. The van der Waals surface area contributed by atoms with Gasteiger partial charge in [0, 0.05) is 0 Å². The zero-order chi connectivity index (χ0) is 19.8. The van der Waals surface area contributed by atoms with Crippen molar-refractivity contribution in [1.29, 1.82) is 0 Å². The first-order valence-electron chi connectivity index (χ1n) is 9.72. The van der Waals surface area contributed by atoms with Crippen LogP contribution in [0.2, 0.25) is 0 Å². The van der Waals surface area contributed by atoms with E-state index in [0.29, 0.717) is 0 Å². The van der Waals surface area contributed by atoms with Crippen molar-refractivity contribution in [2.75, 3.05) is 0 Å². The fraction of sp³-hybridized carbons (Fsp3) is 0.107. The molecule has 3 heteroatoms. The van der Waals surface area contributed by atoms with E-state index in [4.69, 9.17) is 0 Å². The molecule has 0 heterocycles. The molecule has 1 aliphatic rings. The van der Waals surface area contributed by atoms with Gasteiger partial charge in [0.2, 0.25) is 0 Å². The molecule has 0 atom stereocenters. The Morgan fingerprint density at radius 3 is 1.39 bits per heavy atom. The molecular weight excluding hydrogens is 498 g/mol. The number of hydrogen-bond acceptors (Lipinski definition) is 0. The van der Waals surface area contributed by atoms with Crippen molar-refractivity contribution in [3.8, 4) is 0 Å². The number of rotatable bonds is 0. The molecular formula is C28H27Cl2Zr. The first-order valence-corrected chi connectivity index (χ1v) is 9.72. The van der Waals surface area contributed by atoms with Gasteiger partial charge in [-0.3, -0.25) is 0 Å². The number of halogens is 2. The normalized spacial score (nSPS) is 10.6. The standard InChI is InChI=1S/C13H9.C8H10.C7H8.2ClH.Zr/c1-3-7-12-10(5-1)9-11-6-2-4-8-13(11)12;1-7(2)8-5-3-4-6-8;1-7-5-3-2-4-6-7;;;/h1-9H;3-6H,1-2H3;2-6H,1H3;2*1H;/q-1;;;;;+3/p-2. The largest absolute Gasteiger partial charge is 3.00 e. The molecule has 0 spiro atoms. The summed E-state index contributed by atoms with van der Waals surface area (Å²) in [7, 11) is 0. The molecule has 0 aromatic heterocycles. The van der Waals surface area contributed by atoms with Gasteiger partial charge >= 0.3 is 26.2 Å². The number of hydrogen-bond donors (Lipinski definition) is 0. The van der Waals surface area contributed by atoms with Gasteiger partial charge in [0.05, 0.1) is 0 Å². The Morgan fingerprint density at radius 1 is 0.613 bits per heavy atom. The summed E-state index contributed by atoms with van der Waals surface area (Å²) in [5.41, 5.74) is 4.06. The average Bonchev–Trinajstić information content (AvgIpc) is 3.38. The van der Waals surface area contributed by atoms with Crippen molar-refractivity contribution in [1.82, 2.24) is 0 Å². The van der Waals surface area contributed by atoms with Gasteiger partial charge in [-0.25, -0.2) is 0 Å². The SMILES string of the molecule is CC(C)=C1C=CC=C1.Cc1ccccc1.[Cl-].[Cl-].[Zr+3].c1ccc2c(c1)[cH-]c1ccccc12. The maximum Gasteiger partial charge on any atom is 3.00 e. The molecule has 157 valence electrons. The molecule has 0 unspecified atom stereocenters. The predicted octanol–water partition coefficient (Wildman–Crippen LogP) is 2.16. The van der Waals surface area contributed by atoms with Crippen molar-refractivity contribution >= 4 is 21.5 Å². The molecule has 5 rings (SSSR count). The molecule has 0 amide bonds. The smallest absolute Gasteiger partial charge is 1.00 e. The van der Waals surface area contributed by atoms with Gasteiger partial charge in [-0.05, 0) is 26.3 Å². The second kappa shape index (κ2) is 15.1. The zero-order valence-electron chi connectivity index (χ0n) is 18.1. The molecule has 0 saturated carbocycles. The van der Waals surface area contributed by atoms with E-state index in [1.165, 1.54) is 38.3 Å². The maximum atomic E-state index is 2.24. The summed E-state index contributed by atoms with van der Waals surface area (Å²) in [5.74, 6) is 0. The summed E-state index contributed by atoms with van der Waals surface area (Å²) < 4.78 is 0. The van der Waals surface area contributed by atoms with E-state index in [1.807, 2.05) is 18.2 Å². The van der Waals surface area contributed by atoms with E-state index in [0.717, 1.165) is 0 Å². The fourth-order valence-electron chi connectivity index (χ4n) is 3.15. The van der Waals surface area contributed by atoms with Crippen LogP contribution >= 0.6 is 0 Å². The van der Waals surface area contributed by atoms with Crippen LogP contribution in [0.25, 0.3) is 21.5 Å².